The van der Waals surface area contributed by atoms with E-state index in [2.05, 4.69) is 0 Å². The number of alkyl halides is 1. The maximum absolute atomic E-state index is 11.8. The Morgan fingerprint density at radius 3 is 2.87 bits per heavy atom. The fraction of sp³-hybridized carbons (Fsp3) is 0.300. The summed E-state index contributed by atoms with van der Waals surface area (Å²) in [5.41, 5.74) is 0.299. The number of hydrogen-bond donors (Lipinski definition) is 1. The Morgan fingerprint density at radius 1 is 1.53 bits per heavy atom. The molecule has 3 nitrogen and oxygen atoms in total. The van der Waals surface area contributed by atoms with Gasteiger partial charge < -0.3 is 9.84 Å². The van der Waals surface area contributed by atoms with Crippen LogP contribution < -0.4 is 4.74 Å². The van der Waals surface area contributed by atoms with Crippen LogP contribution in [0.5, 0.6) is 11.5 Å². The van der Waals surface area contributed by atoms with Gasteiger partial charge in [-0.05, 0) is 12.1 Å². The van der Waals surface area contributed by atoms with Crippen LogP contribution in [-0.2, 0) is 0 Å². The first-order valence-corrected chi connectivity index (χ1v) is 4.73. The number of aldehydes is 1. The molecule has 1 N–H and O–H groups in total. The van der Waals surface area contributed by atoms with Gasteiger partial charge >= 0.3 is 0 Å². The van der Waals surface area contributed by atoms with E-state index in [0.717, 1.165) is 0 Å². The van der Waals surface area contributed by atoms with Crippen LogP contribution in [0.1, 0.15) is 16.8 Å². The van der Waals surface area contributed by atoms with Crippen LogP contribution in [0, 0.1) is 0 Å². The van der Waals surface area contributed by atoms with Gasteiger partial charge in [-0.3, -0.25) is 9.18 Å². The number of carbonyl (C=O) groups excluding carboxylic acids is 1. The largest absolute Gasteiger partial charge is 0.503 e. The van der Waals surface area contributed by atoms with E-state index >= 15 is 0 Å². The van der Waals surface area contributed by atoms with Gasteiger partial charge in [-0.2, -0.15) is 0 Å². The van der Waals surface area contributed by atoms with E-state index in [0.29, 0.717) is 11.8 Å². The third-order valence-electron chi connectivity index (χ3n) is 1.72. The molecule has 0 spiro atoms. The molecular formula is C10H10ClFO3. The number of aromatic hydroxyl groups is 1. The Labute approximate surface area is 91.4 Å². The smallest absolute Gasteiger partial charge is 0.176 e. The van der Waals surface area contributed by atoms with E-state index in [9.17, 15) is 14.3 Å². The SMILES string of the molecule is O=Cc1cc(Cl)c(O)c(OCCCF)c1. The molecule has 1 aromatic carbocycles. The predicted molar refractivity (Wildman–Crippen MR) is 54.6 cm³/mol. The van der Waals surface area contributed by atoms with Gasteiger partial charge in [0.2, 0.25) is 0 Å². The highest BCUT2D eigenvalue weighted by Crippen LogP contribution is 2.34. The zero-order valence-corrected chi connectivity index (χ0v) is 8.63. The molecule has 0 atom stereocenters. The van der Waals surface area contributed by atoms with Crippen LogP contribution in [0.25, 0.3) is 0 Å². The first kappa shape index (κ1) is 11.8. The number of ether oxygens (including phenoxy) is 1. The lowest BCUT2D eigenvalue weighted by atomic mass is 10.2. The Bertz CT molecular complexity index is 355. The second-order valence-electron chi connectivity index (χ2n) is 2.86. The van der Waals surface area contributed by atoms with Crippen molar-refractivity contribution in [2.24, 2.45) is 0 Å². The minimum Gasteiger partial charge on any atom is -0.503 e. The van der Waals surface area contributed by atoms with Crippen LogP contribution in [-0.4, -0.2) is 24.7 Å². The molecule has 0 heterocycles. The van der Waals surface area contributed by atoms with Crippen molar-refractivity contribution < 1.29 is 19.0 Å². The highest BCUT2D eigenvalue weighted by Gasteiger charge is 2.09. The van der Waals surface area contributed by atoms with Crippen molar-refractivity contribution in [1.82, 2.24) is 0 Å². The van der Waals surface area contributed by atoms with Crippen LogP contribution >= 0.6 is 11.6 Å². The second kappa shape index (κ2) is 5.56. The molecular weight excluding hydrogens is 223 g/mol. The first-order chi connectivity index (χ1) is 7.19. The minimum absolute atomic E-state index is 0.0369. The van der Waals surface area contributed by atoms with Crippen molar-refractivity contribution >= 4 is 17.9 Å². The summed E-state index contributed by atoms with van der Waals surface area (Å²) in [4.78, 5) is 10.5. The third-order valence-corrected chi connectivity index (χ3v) is 2.01. The van der Waals surface area contributed by atoms with Crippen molar-refractivity contribution in [3.63, 3.8) is 0 Å². The Morgan fingerprint density at radius 2 is 2.27 bits per heavy atom. The molecule has 0 saturated heterocycles. The van der Waals surface area contributed by atoms with Gasteiger partial charge in [0.05, 0.1) is 18.3 Å². The zero-order chi connectivity index (χ0) is 11.3. The molecule has 0 aliphatic rings. The maximum Gasteiger partial charge on any atom is 0.176 e. The summed E-state index contributed by atoms with van der Waals surface area (Å²) in [7, 11) is 0. The van der Waals surface area contributed by atoms with E-state index < -0.39 is 6.67 Å². The molecule has 0 bridgehead atoms. The monoisotopic (exact) mass is 232 g/mol. The van der Waals surface area contributed by atoms with Gasteiger partial charge in [0.25, 0.3) is 0 Å². The molecule has 15 heavy (non-hydrogen) atoms. The lowest BCUT2D eigenvalue weighted by Crippen LogP contribution is -1.99. The standard InChI is InChI=1S/C10H10ClFO3/c11-8-4-7(6-13)5-9(10(8)14)15-3-1-2-12/h4-6,14H,1-3H2. The summed E-state index contributed by atoms with van der Waals surface area (Å²) in [6.07, 6.45) is 0.815. The average molecular weight is 233 g/mol. The van der Waals surface area contributed by atoms with Crippen LogP contribution in [0.3, 0.4) is 0 Å². The van der Waals surface area contributed by atoms with Gasteiger partial charge in [-0.25, -0.2) is 0 Å². The number of rotatable bonds is 5. The van der Waals surface area contributed by atoms with Crippen molar-refractivity contribution in [3.05, 3.63) is 22.7 Å². The van der Waals surface area contributed by atoms with E-state index in [1.54, 1.807) is 0 Å². The molecule has 0 saturated carbocycles. The van der Waals surface area contributed by atoms with Gasteiger partial charge in [0.15, 0.2) is 11.5 Å². The number of phenolic OH excluding ortho intramolecular Hbond substituents is 1. The molecule has 0 aliphatic carbocycles. The van der Waals surface area contributed by atoms with Crippen molar-refractivity contribution in [2.45, 2.75) is 6.42 Å². The summed E-state index contributed by atoms with van der Waals surface area (Å²) < 4.78 is 16.9. The summed E-state index contributed by atoms with van der Waals surface area (Å²) in [6, 6.07) is 2.68. The van der Waals surface area contributed by atoms with Gasteiger partial charge in [-0.15, -0.1) is 0 Å². The van der Waals surface area contributed by atoms with Crippen LogP contribution in [0.2, 0.25) is 5.02 Å². The van der Waals surface area contributed by atoms with E-state index in [-0.39, 0.29) is 29.5 Å². The predicted octanol–water partition coefficient (Wildman–Crippen LogP) is 2.60. The Hall–Kier alpha value is -1.29. The Kier molecular flexibility index (Phi) is 4.37. The lowest BCUT2D eigenvalue weighted by Gasteiger charge is -2.08. The molecule has 0 amide bonds. The normalized spacial score (nSPS) is 10.0. The van der Waals surface area contributed by atoms with E-state index in [1.165, 1.54) is 12.1 Å². The molecule has 0 aromatic heterocycles. The van der Waals surface area contributed by atoms with Gasteiger partial charge in [0.1, 0.15) is 6.29 Å². The summed E-state index contributed by atoms with van der Waals surface area (Å²) in [5.74, 6) is -0.140. The number of benzene rings is 1. The van der Waals surface area contributed by atoms with Crippen LogP contribution in [0.4, 0.5) is 4.39 Å². The molecule has 82 valence electrons. The van der Waals surface area contributed by atoms with Crippen molar-refractivity contribution in [1.29, 1.82) is 0 Å². The summed E-state index contributed by atoms with van der Waals surface area (Å²) >= 11 is 5.65. The highest BCUT2D eigenvalue weighted by atomic mass is 35.5. The summed E-state index contributed by atoms with van der Waals surface area (Å²) in [5, 5.41) is 9.49. The quantitative estimate of drug-likeness (QED) is 0.627. The van der Waals surface area contributed by atoms with Crippen molar-refractivity contribution in [2.75, 3.05) is 13.3 Å². The molecule has 0 unspecified atom stereocenters. The number of hydrogen-bond acceptors (Lipinski definition) is 3. The minimum atomic E-state index is -0.498. The molecule has 1 rings (SSSR count). The zero-order valence-electron chi connectivity index (χ0n) is 7.87. The highest BCUT2D eigenvalue weighted by molar-refractivity contribution is 6.32. The van der Waals surface area contributed by atoms with Crippen LogP contribution in [0.15, 0.2) is 12.1 Å². The fourth-order valence-electron chi connectivity index (χ4n) is 1.01. The third kappa shape index (κ3) is 3.09. The number of phenols is 1. The molecule has 5 heteroatoms. The van der Waals surface area contributed by atoms with Crippen molar-refractivity contribution in [3.8, 4) is 11.5 Å². The fourth-order valence-corrected chi connectivity index (χ4v) is 1.23. The molecule has 1 aromatic rings. The van der Waals surface area contributed by atoms with E-state index in [1.807, 2.05) is 0 Å². The Balaban J connectivity index is 2.85. The number of halogens is 2. The van der Waals surface area contributed by atoms with E-state index in [4.69, 9.17) is 16.3 Å². The topological polar surface area (TPSA) is 46.5 Å². The first-order valence-electron chi connectivity index (χ1n) is 4.35. The summed E-state index contributed by atoms with van der Waals surface area (Å²) in [6.45, 7) is -0.370. The number of carbonyl (C=O) groups is 1. The maximum atomic E-state index is 11.8. The molecule has 0 aliphatic heterocycles. The van der Waals surface area contributed by atoms with Gasteiger partial charge in [-0.1, -0.05) is 11.6 Å². The molecule has 0 radical (unpaired) electrons. The second-order valence-corrected chi connectivity index (χ2v) is 3.27. The average Bonchev–Trinajstić information content (AvgIpc) is 2.24. The van der Waals surface area contributed by atoms with Gasteiger partial charge in [0, 0.05) is 12.0 Å². The molecule has 0 fully saturated rings. The lowest BCUT2D eigenvalue weighted by molar-refractivity contribution is 0.112.